The number of hydrogen-bond donors (Lipinski definition) is 0. The summed E-state index contributed by atoms with van der Waals surface area (Å²) in [5, 5.41) is 2.17. The molecule has 1 atom stereocenters. The number of para-hydroxylation sites is 1. The fraction of sp³-hybridized carbons (Fsp3) is 0.143. The van der Waals surface area contributed by atoms with Gasteiger partial charge in [-0.25, -0.2) is 0 Å². The molecule has 0 saturated heterocycles. The van der Waals surface area contributed by atoms with E-state index in [4.69, 9.17) is 0 Å². The summed E-state index contributed by atoms with van der Waals surface area (Å²) in [4.78, 5) is 29.0. The molecule has 25 heavy (non-hydrogen) atoms. The van der Waals surface area contributed by atoms with Gasteiger partial charge in [-0.3, -0.25) is 14.5 Å². The van der Waals surface area contributed by atoms with E-state index >= 15 is 0 Å². The summed E-state index contributed by atoms with van der Waals surface area (Å²) in [5.41, 5.74) is 1.94. The largest absolute Gasteiger partial charge is 0.330 e. The Kier molecular flexibility index (Phi) is 3.53. The van der Waals surface area contributed by atoms with Crippen LogP contribution in [0.25, 0.3) is 10.8 Å². The van der Waals surface area contributed by atoms with Crippen LogP contribution in [0.4, 0.5) is 11.4 Å². The lowest BCUT2D eigenvalue weighted by molar-refractivity contribution is -0.121. The smallest absolute Gasteiger partial charge is 0.256 e. The first-order chi connectivity index (χ1) is 12.1. The second kappa shape index (κ2) is 5.74. The Morgan fingerprint density at radius 1 is 0.840 bits per heavy atom. The Morgan fingerprint density at radius 3 is 2.32 bits per heavy atom. The van der Waals surface area contributed by atoms with E-state index in [1.807, 2.05) is 60.7 Å². The van der Waals surface area contributed by atoms with Crippen LogP contribution in [-0.2, 0) is 4.79 Å². The minimum Gasteiger partial charge on any atom is -0.330 e. The Balaban J connectivity index is 1.95. The van der Waals surface area contributed by atoms with E-state index in [9.17, 15) is 9.59 Å². The summed E-state index contributed by atoms with van der Waals surface area (Å²) < 4.78 is 0. The highest BCUT2D eigenvalue weighted by Gasteiger charge is 2.35. The van der Waals surface area contributed by atoms with Crippen LogP contribution in [0.2, 0.25) is 0 Å². The summed E-state index contributed by atoms with van der Waals surface area (Å²) in [7, 11) is 1.67. The van der Waals surface area contributed by atoms with Crippen molar-refractivity contribution in [2.45, 2.75) is 13.0 Å². The molecule has 1 aliphatic heterocycles. The Bertz CT molecular complexity index is 996. The van der Waals surface area contributed by atoms with Crippen molar-refractivity contribution in [3.63, 3.8) is 0 Å². The van der Waals surface area contributed by atoms with Crippen LogP contribution in [0.1, 0.15) is 17.3 Å². The van der Waals surface area contributed by atoms with Gasteiger partial charge in [0.25, 0.3) is 11.8 Å². The minimum atomic E-state index is -0.536. The van der Waals surface area contributed by atoms with Crippen LogP contribution in [0.5, 0.6) is 0 Å². The molecular formula is C21H18N2O2. The highest BCUT2D eigenvalue weighted by Crippen LogP contribution is 2.34. The molecule has 4 rings (SSSR count). The average Bonchev–Trinajstić information content (AvgIpc) is 2.72. The highest BCUT2D eigenvalue weighted by molar-refractivity contribution is 6.14. The van der Waals surface area contributed by atoms with Crippen LogP contribution in [0.3, 0.4) is 0 Å². The molecule has 4 heteroatoms. The number of nitrogens with zero attached hydrogens (tertiary/aromatic N) is 2. The summed E-state index contributed by atoms with van der Waals surface area (Å²) in [6, 6.07) is 20.7. The number of rotatable bonds is 1. The molecule has 1 unspecified atom stereocenters. The van der Waals surface area contributed by atoms with E-state index in [-0.39, 0.29) is 11.8 Å². The second-order valence-electron chi connectivity index (χ2n) is 6.31. The van der Waals surface area contributed by atoms with Crippen molar-refractivity contribution >= 4 is 34.0 Å². The van der Waals surface area contributed by atoms with Crippen molar-refractivity contribution in [1.82, 2.24) is 4.90 Å². The molecule has 0 spiro atoms. The quantitative estimate of drug-likeness (QED) is 0.677. The van der Waals surface area contributed by atoms with Crippen LogP contribution in [0.15, 0.2) is 66.7 Å². The first kappa shape index (κ1) is 15.4. The van der Waals surface area contributed by atoms with E-state index in [1.54, 1.807) is 24.9 Å². The molecule has 0 aliphatic carbocycles. The van der Waals surface area contributed by atoms with Gasteiger partial charge in [-0.1, -0.05) is 42.5 Å². The molecule has 3 aromatic rings. The molecule has 0 N–H and O–H groups in total. The topological polar surface area (TPSA) is 40.6 Å². The first-order valence-corrected chi connectivity index (χ1v) is 8.27. The molecule has 0 bridgehead atoms. The molecule has 0 fully saturated rings. The molecule has 3 aromatic carbocycles. The van der Waals surface area contributed by atoms with Gasteiger partial charge in [0.15, 0.2) is 0 Å². The van der Waals surface area contributed by atoms with E-state index in [2.05, 4.69) is 0 Å². The van der Waals surface area contributed by atoms with Crippen molar-refractivity contribution in [1.29, 1.82) is 0 Å². The normalized spacial score (nSPS) is 17.6. The second-order valence-corrected chi connectivity index (χ2v) is 6.31. The lowest BCUT2D eigenvalue weighted by atomic mass is 10.1. The zero-order chi connectivity index (χ0) is 17.6. The van der Waals surface area contributed by atoms with Crippen molar-refractivity contribution in [2.75, 3.05) is 11.9 Å². The van der Waals surface area contributed by atoms with Gasteiger partial charge in [0, 0.05) is 12.7 Å². The number of fused-ring (bicyclic) bond motifs is 2. The number of amides is 2. The van der Waals surface area contributed by atoms with Crippen LogP contribution < -0.4 is 4.90 Å². The molecule has 1 aliphatic rings. The number of likely N-dealkylation sites (N-methyl/N-ethyl adjacent to an activating group) is 1. The molecule has 4 nitrogen and oxygen atoms in total. The molecule has 1 heterocycles. The summed E-state index contributed by atoms with van der Waals surface area (Å²) in [6.45, 7) is 1.76. The maximum Gasteiger partial charge on any atom is 0.256 e. The van der Waals surface area contributed by atoms with Crippen LogP contribution >= 0.6 is 0 Å². The number of carbonyl (C=O) groups excluding carboxylic acids is 2. The van der Waals surface area contributed by atoms with Crippen LogP contribution in [-0.4, -0.2) is 29.8 Å². The average molecular weight is 330 g/mol. The van der Waals surface area contributed by atoms with E-state index in [1.165, 1.54) is 4.90 Å². The summed E-state index contributed by atoms with van der Waals surface area (Å²) >= 11 is 0. The Hall–Kier alpha value is -3.14. The van der Waals surface area contributed by atoms with Crippen molar-refractivity contribution < 1.29 is 9.59 Å². The highest BCUT2D eigenvalue weighted by atomic mass is 16.2. The zero-order valence-corrected chi connectivity index (χ0v) is 14.1. The minimum absolute atomic E-state index is 0.115. The third-order valence-corrected chi connectivity index (χ3v) is 4.85. The molecule has 124 valence electrons. The summed E-state index contributed by atoms with van der Waals surface area (Å²) in [6.07, 6.45) is 0. The third kappa shape index (κ3) is 2.38. The van der Waals surface area contributed by atoms with Gasteiger partial charge in [-0.05, 0) is 42.0 Å². The Labute approximate surface area is 146 Å². The van der Waals surface area contributed by atoms with Gasteiger partial charge in [-0.15, -0.1) is 0 Å². The standard InChI is InChI=1S/C21H18N2O2/c1-14-20(24)23(17-12-11-15-7-3-4-8-16(15)13-17)19-10-6-5-9-18(19)21(25)22(14)2/h3-14H,1-2H3. The molecule has 0 radical (unpaired) electrons. The predicted octanol–water partition coefficient (Wildman–Crippen LogP) is 3.98. The van der Waals surface area contributed by atoms with Gasteiger partial charge in [0.05, 0.1) is 11.3 Å². The fourth-order valence-corrected chi connectivity index (χ4v) is 3.27. The van der Waals surface area contributed by atoms with Crippen molar-refractivity contribution in [3.05, 3.63) is 72.3 Å². The number of hydrogen-bond acceptors (Lipinski definition) is 2. The number of benzene rings is 3. The lowest BCUT2D eigenvalue weighted by Gasteiger charge is -2.26. The summed E-state index contributed by atoms with van der Waals surface area (Å²) in [5.74, 6) is -0.254. The predicted molar refractivity (Wildman–Crippen MR) is 99.1 cm³/mol. The molecular weight excluding hydrogens is 312 g/mol. The van der Waals surface area contributed by atoms with Gasteiger partial charge < -0.3 is 4.90 Å². The SMILES string of the molecule is CC1C(=O)N(c2ccc3ccccc3c2)c2ccccc2C(=O)N1C. The van der Waals surface area contributed by atoms with Crippen molar-refractivity contribution in [2.24, 2.45) is 0 Å². The van der Waals surface area contributed by atoms with Gasteiger partial charge >= 0.3 is 0 Å². The van der Waals surface area contributed by atoms with E-state index in [0.29, 0.717) is 11.3 Å². The van der Waals surface area contributed by atoms with Gasteiger partial charge in [0.1, 0.15) is 6.04 Å². The first-order valence-electron chi connectivity index (χ1n) is 8.27. The monoisotopic (exact) mass is 330 g/mol. The Morgan fingerprint density at radius 2 is 1.52 bits per heavy atom. The molecule has 0 aromatic heterocycles. The lowest BCUT2D eigenvalue weighted by Crippen LogP contribution is -2.43. The zero-order valence-electron chi connectivity index (χ0n) is 14.1. The van der Waals surface area contributed by atoms with Gasteiger partial charge in [-0.2, -0.15) is 0 Å². The van der Waals surface area contributed by atoms with Crippen molar-refractivity contribution in [3.8, 4) is 0 Å². The fourth-order valence-electron chi connectivity index (χ4n) is 3.27. The van der Waals surface area contributed by atoms with Gasteiger partial charge in [0.2, 0.25) is 0 Å². The third-order valence-electron chi connectivity index (χ3n) is 4.85. The molecule has 0 saturated carbocycles. The van der Waals surface area contributed by atoms with Crippen LogP contribution in [0, 0.1) is 0 Å². The molecule has 2 amide bonds. The number of anilines is 2. The van der Waals surface area contributed by atoms with E-state index < -0.39 is 6.04 Å². The van der Waals surface area contributed by atoms with E-state index in [0.717, 1.165) is 16.5 Å². The maximum atomic E-state index is 13.1. The maximum absolute atomic E-state index is 13.1. The number of carbonyl (C=O) groups is 2.